The zero-order chi connectivity index (χ0) is 14.5. The molecule has 1 heterocycles. The van der Waals surface area contributed by atoms with E-state index in [9.17, 15) is 13.2 Å². The van der Waals surface area contributed by atoms with Crippen LogP contribution in [0.2, 0.25) is 0 Å². The molecule has 4 nitrogen and oxygen atoms in total. The first-order chi connectivity index (χ1) is 9.54. The average molecular weight is 301 g/mol. The van der Waals surface area contributed by atoms with Gasteiger partial charge in [0.1, 0.15) is 11.6 Å². The van der Waals surface area contributed by atoms with Crippen LogP contribution in [-0.4, -0.2) is 17.8 Å². The Kier molecular flexibility index (Phi) is 4.57. The Labute approximate surface area is 116 Å². The predicted molar refractivity (Wildman–Crippen MR) is 71.1 cm³/mol. The number of aromatic nitrogens is 1. The van der Waals surface area contributed by atoms with E-state index in [2.05, 4.69) is 20.2 Å². The van der Waals surface area contributed by atoms with Crippen molar-refractivity contribution in [3.05, 3.63) is 40.7 Å². The molecule has 0 bridgehead atoms. The molecular weight excluding hydrogens is 291 g/mol. The zero-order valence-electron chi connectivity index (χ0n) is 10.3. The maximum atomic E-state index is 13.0. The molecule has 106 valence electrons. The molecular formula is C12H10F3N3OS. The van der Waals surface area contributed by atoms with Gasteiger partial charge in [-0.3, -0.25) is 5.43 Å². The number of halogens is 3. The van der Waals surface area contributed by atoms with Gasteiger partial charge in [0.15, 0.2) is 0 Å². The van der Waals surface area contributed by atoms with Crippen molar-refractivity contribution in [2.75, 3.05) is 5.43 Å². The Morgan fingerprint density at radius 2 is 2.25 bits per heavy atom. The van der Waals surface area contributed by atoms with Crippen molar-refractivity contribution in [3.63, 3.8) is 0 Å². The summed E-state index contributed by atoms with van der Waals surface area (Å²) < 4.78 is 41.6. The number of alkyl halides is 2. The number of benzene rings is 1. The van der Waals surface area contributed by atoms with Gasteiger partial charge in [0, 0.05) is 17.0 Å². The maximum absolute atomic E-state index is 13.0. The third kappa shape index (κ3) is 3.95. The number of nitrogens with one attached hydrogen (secondary N) is 1. The van der Waals surface area contributed by atoms with Crippen molar-refractivity contribution in [1.82, 2.24) is 4.98 Å². The molecule has 0 unspecified atom stereocenters. The fourth-order valence-electron chi connectivity index (χ4n) is 1.38. The highest BCUT2D eigenvalue weighted by molar-refractivity contribution is 7.13. The van der Waals surface area contributed by atoms with Crippen LogP contribution in [0.1, 0.15) is 11.3 Å². The summed E-state index contributed by atoms with van der Waals surface area (Å²) in [5.74, 6) is -0.942. The number of rotatable bonds is 5. The standard InChI is InChI=1S/C12H10F3N3OS/c1-7-6-20-12(17-7)18-16-5-8-2-3-9(13)4-10(8)19-11(14)15/h2-6,11H,1H3,(H,17,18). The number of ether oxygens (including phenoxy) is 1. The molecule has 0 fully saturated rings. The molecule has 0 aliphatic carbocycles. The molecule has 0 saturated heterocycles. The number of hydrogen-bond acceptors (Lipinski definition) is 5. The Bertz CT molecular complexity index is 616. The molecule has 0 spiro atoms. The topological polar surface area (TPSA) is 46.5 Å². The Morgan fingerprint density at radius 1 is 1.45 bits per heavy atom. The summed E-state index contributed by atoms with van der Waals surface area (Å²) in [4.78, 5) is 4.11. The van der Waals surface area contributed by atoms with Crippen LogP contribution >= 0.6 is 11.3 Å². The maximum Gasteiger partial charge on any atom is 0.387 e. The van der Waals surface area contributed by atoms with Gasteiger partial charge in [-0.1, -0.05) is 0 Å². The second-order valence-corrected chi connectivity index (χ2v) is 4.58. The lowest BCUT2D eigenvalue weighted by atomic mass is 10.2. The minimum Gasteiger partial charge on any atom is -0.434 e. The molecule has 1 aromatic carbocycles. The number of nitrogens with zero attached hydrogens (tertiary/aromatic N) is 2. The summed E-state index contributed by atoms with van der Waals surface area (Å²) in [7, 11) is 0. The van der Waals surface area contributed by atoms with Crippen LogP contribution in [0.5, 0.6) is 5.75 Å². The highest BCUT2D eigenvalue weighted by Crippen LogP contribution is 2.21. The second kappa shape index (κ2) is 6.38. The van der Waals surface area contributed by atoms with Crippen LogP contribution < -0.4 is 10.2 Å². The van der Waals surface area contributed by atoms with Crippen molar-refractivity contribution in [2.45, 2.75) is 13.5 Å². The summed E-state index contributed by atoms with van der Waals surface area (Å²) >= 11 is 1.35. The monoisotopic (exact) mass is 301 g/mol. The molecule has 0 aliphatic heterocycles. The quantitative estimate of drug-likeness (QED) is 0.677. The molecule has 0 atom stereocenters. The van der Waals surface area contributed by atoms with Crippen LogP contribution in [0, 0.1) is 12.7 Å². The van der Waals surface area contributed by atoms with E-state index in [1.165, 1.54) is 23.6 Å². The summed E-state index contributed by atoms with van der Waals surface area (Å²) in [6.07, 6.45) is 1.26. The molecule has 0 radical (unpaired) electrons. The number of anilines is 1. The lowest BCUT2D eigenvalue weighted by molar-refractivity contribution is -0.0500. The van der Waals surface area contributed by atoms with Crippen molar-refractivity contribution in [3.8, 4) is 5.75 Å². The summed E-state index contributed by atoms with van der Waals surface area (Å²) in [5, 5.41) is 6.25. The third-order valence-corrected chi connectivity index (χ3v) is 3.04. The van der Waals surface area contributed by atoms with Crippen LogP contribution in [-0.2, 0) is 0 Å². The molecule has 1 N–H and O–H groups in total. The van der Waals surface area contributed by atoms with Crippen LogP contribution in [0.15, 0.2) is 28.7 Å². The normalized spacial score (nSPS) is 11.2. The number of hydrazone groups is 1. The largest absolute Gasteiger partial charge is 0.434 e. The molecule has 0 aliphatic rings. The van der Waals surface area contributed by atoms with E-state index in [4.69, 9.17) is 0 Å². The smallest absolute Gasteiger partial charge is 0.387 e. The lowest BCUT2D eigenvalue weighted by Crippen LogP contribution is -2.05. The lowest BCUT2D eigenvalue weighted by Gasteiger charge is -2.07. The van der Waals surface area contributed by atoms with Crippen molar-refractivity contribution in [2.24, 2.45) is 5.10 Å². The van der Waals surface area contributed by atoms with Crippen molar-refractivity contribution >= 4 is 22.7 Å². The Hall–Kier alpha value is -2.09. The molecule has 2 rings (SSSR count). The summed E-state index contributed by atoms with van der Waals surface area (Å²) in [6.45, 7) is -1.20. The van der Waals surface area contributed by atoms with E-state index in [1.54, 1.807) is 0 Å². The fourth-order valence-corrected chi connectivity index (χ4v) is 2.01. The number of thiazole rings is 1. The van der Waals surface area contributed by atoms with Crippen LogP contribution in [0.25, 0.3) is 0 Å². The SMILES string of the molecule is Cc1csc(NN=Cc2ccc(F)cc2OC(F)F)n1. The van der Waals surface area contributed by atoms with E-state index in [1.807, 2.05) is 12.3 Å². The predicted octanol–water partition coefficient (Wildman–Crippen LogP) is 3.64. The van der Waals surface area contributed by atoms with Crippen LogP contribution in [0.4, 0.5) is 18.3 Å². The first kappa shape index (κ1) is 14.3. The molecule has 0 saturated carbocycles. The number of hydrogen-bond donors (Lipinski definition) is 1. The second-order valence-electron chi connectivity index (χ2n) is 3.72. The van der Waals surface area contributed by atoms with Gasteiger partial charge in [0.25, 0.3) is 0 Å². The van der Waals surface area contributed by atoms with E-state index in [0.717, 1.165) is 17.8 Å². The first-order valence-electron chi connectivity index (χ1n) is 5.50. The van der Waals surface area contributed by atoms with Gasteiger partial charge < -0.3 is 4.74 Å². The van der Waals surface area contributed by atoms with E-state index in [0.29, 0.717) is 5.13 Å². The molecule has 8 heteroatoms. The van der Waals surface area contributed by atoms with E-state index in [-0.39, 0.29) is 11.3 Å². The third-order valence-electron chi connectivity index (χ3n) is 2.17. The summed E-state index contributed by atoms with van der Waals surface area (Å²) in [5.41, 5.74) is 3.72. The van der Waals surface area contributed by atoms with Crippen molar-refractivity contribution in [1.29, 1.82) is 0 Å². The first-order valence-corrected chi connectivity index (χ1v) is 6.38. The van der Waals surface area contributed by atoms with E-state index >= 15 is 0 Å². The Morgan fingerprint density at radius 3 is 2.90 bits per heavy atom. The highest BCUT2D eigenvalue weighted by Gasteiger charge is 2.09. The Balaban J connectivity index is 2.11. The molecule has 20 heavy (non-hydrogen) atoms. The van der Waals surface area contributed by atoms with Gasteiger partial charge in [-0.15, -0.1) is 11.3 Å². The van der Waals surface area contributed by atoms with Crippen LogP contribution in [0.3, 0.4) is 0 Å². The van der Waals surface area contributed by atoms with Gasteiger partial charge in [0.2, 0.25) is 5.13 Å². The average Bonchev–Trinajstić information content (AvgIpc) is 2.77. The summed E-state index contributed by atoms with van der Waals surface area (Å²) in [6, 6.07) is 3.31. The zero-order valence-corrected chi connectivity index (χ0v) is 11.1. The van der Waals surface area contributed by atoms with Gasteiger partial charge >= 0.3 is 6.61 Å². The van der Waals surface area contributed by atoms with Crippen molar-refractivity contribution < 1.29 is 17.9 Å². The van der Waals surface area contributed by atoms with E-state index < -0.39 is 12.4 Å². The molecule has 0 amide bonds. The molecule has 2 aromatic rings. The van der Waals surface area contributed by atoms with Gasteiger partial charge in [0.05, 0.1) is 11.9 Å². The number of aryl methyl sites for hydroxylation is 1. The highest BCUT2D eigenvalue weighted by atomic mass is 32.1. The minimum absolute atomic E-state index is 0.229. The molecule has 1 aromatic heterocycles. The van der Waals surface area contributed by atoms with Gasteiger partial charge in [-0.25, -0.2) is 9.37 Å². The van der Waals surface area contributed by atoms with Gasteiger partial charge in [-0.2, -0.15) is 13.9 Å². The fraction of sp³-hybridized carbons (Fsp3) is 0.167. The minimum atomic E-state index is -3.03. The van der Waals surface area contributed by atoms with Gasteiger partial charge in [-0.05, 0) is 19.1 Å².